The van der Waals surface area contributed by atoms with Crippen molar-refractivity contribution in [3.63, 3.8) is 0 Å². The first-order chi connectivity index (χ1) is 8.36. The van der Waals surface area contributed by atoms with Gasteiger partial charge >= 0.3 is 6.18 Å². The van der Waals surface area contributed by atoms with Gasteiger partial charge in [0.05, 0.1) is 0 Å². The smallest absolute Gasteiger partial charge is 0.400 e. The highest BCUT2D eigenvalue weighted by atomic mass is 32.1. The van der Waals surface area contributed by atoms with Crippen LogP contribution >= 0.6 is 11.3 Å². The molecule has 0 fully saturated rings. The Morgan fingerprint density at radius 3 is 2.72 bits per heavy atom. The summed E-state index contributed by atoms with van der Waals surface area (Å²) < 4.78 is 37.8. The maximum absolute atomic E-state index is 12.6. The van der Waals surface area contributed by atoms with E-state index in [9.17, 15) is 13.2 Å². The van der Waals surface area contributed by atoms with E-state index in [0.29, 0.717) is 6.54 Å². The fraction of sp³-hybridized carbons (Fsp3) is 0.500. The van der Waals surface area contributed by atoms with Gasteiger partial charge in [-0.2, -0.15) is 13.2 Å². The van der Waals surface area contributed by atoms with E-state index >= 15 is 0 Å². The van der Waals surface area contributed by atoms with Crippen molar-refractivity contribution < 1.29 is 18.4 Å². The van der Waals surface area contributed by atoms with Crippen LogP contribution in [0.3, 0.4) is 0 Å². The normalized spacial score (nSPS) is 14.8. The molecule has 0 bridgehead atoms. The molecule has 0 aliphatic heterocycles. The van der Waals surface area contributed by atoms with Crippen LogP contribution in [0.2, 0.25) is 0 Å². The fourth-order valence-corrected chi connectivity index (χ4v) is 2.25. The molecule has 1 unspecified atom stereocenters. The molecule has 4 N–H and O–H groups in total. The highest BCUT2D eigenvalue weighted by molar-refractivity contribution is 7.10. The Bertz CT molecular complexity index is 417. The molecule has 0 saturated heterocycles. The van der Waals surface area contributed by atoms with Crippen LogP contribution in [0.4, 0.5) is 13.2 Å². The van der Waals surface area contributed by atoms with Gasteiger partial charge in [0.15, 0.2) is 5.84 Å². The van der Waals surface area contributed by atoms with E-state index in [2.05, 4.69) is 10.5 Å². The van der Waals surface area contributed by atoms with Crippen molar-refractivity contribution in [3.8, 4) is 0 Å². The minimum Gasteiger partial charge on any atom is -0.409 e. The van der Waals surface area contributed by atoms with Crippen LogP contribution in [0, 0.1) is 12.8 Å². The molecule has 0 saturated carbocycles. The number of hydrogen-bond acceptors (Lipinski definition) is 4. The second-order valence-electron chi connectivity index (χ2n) is 3.78. The number of thiophene rings is 1. The summed E-state index contributed by atoms with van der Waals surface area (Å²) in [5.41, 5.74) is 6.06. The standard InChI is InChI=1S/C10H14F3N3OS/c1-6-2-3-18-8(6)5-15-4-7(9(14)16-17)10(11,12)13/h2-3,7,15,17H,4-5H2,1H3,(H2,14,16). The van der Waals surface area contributed by atoms with Crippen molar-refractivity contribution in [2.45, 2.75) is 19.6 Å². The van der Waals surface area contributed by atoms with Gasteiger partial charge in [-0.15, -0.1) is 11.3 Å². The molecule has 0 aliphatic rings. The summed E-state index contributed by atoms with van der Waals surface area (Å²) in [6.07, 6.45) is -4.53. The average Bonchev–Trinajstić information content (AvgIpc) is 2.68. The number of amidine groups is 1. The SMILES string of the molecule is Cc1ccsc1CNCC(/C(N)=N/O)C(F)(F)F. The topological polar surface area (TPSA) is 70.6 Å². The van der Waals surface area contributed by atoms with Gasteiger partial charge in [-0.25, -0.2) is 0 Å². The van der Waals surface area contributed by atoms with E-state index in [1.54, 1.807) is 0 Å². The molecule has 0 aliphatic carbocycles. The van der Waals surface area contributed by atoms with E-state index in [1.165, 1.54) is 11.3 Å². The Hall–Kier alpha value is -1.28. The summed E-state index contributed by atoms with van der Waals surface area (Å²) in [4.78, 5) is 0.968. The number of nitrogens with two attached hydrogens (primary N) is 1. The highest BCUT2D eigenvalue weighted by Crippen LogP contribution is 2.26. The number of oxime groups is 1. The van der Waals surface area contributed by atoms with Crippen molar-refractivity contribution in [1.82, 2.24) is 5.32 Å². The van der Waals surface area contributed by atoms with Crippen molar-refractivity contribution in [1.29, 1.82) is 0 Å². The number of nitrogens with one attached hydrogen (secondary N) is 1. The molecule has 0 spiro atoms. The van der Waals surface area contributed by atoms with E-state index in [-0.39, 0.29) is 0 Å². The van der Waals surface area contributed by atoms with Crippen LogP contribution in [-0.2, 0) is 6.54 Å². The third kappa shape index (κ3) is 3.88. The molecule has 1 atom stereocenters. The summed E-state index contributed by atoms with van der Waals surface area (Å²) in [6, 6.07) is 1.90. The Kier molecular flexibility index (Phi) is 4.97. The molecule has 1 aromatic heterocycles. The molecular formula is C10H14F3N3OS. The molecule has 18 heavy (non-hydrogen) atoms. The number of hydrogen-bond donors (Lipinski definition) is 3. The van der Waals surface area contributed by atoms with E-state index < -0.39 is 24.5 Å². The van der Waals surface area contributed by atoms with Gasteiger partial charge in [-0.3, -0.25) is 0 Å². The molecule has 1 rings (SSSR count). The summed E-state index contributed by atoms with van der Waals surface area (Å²) >= 11 is 1.47. The third-order valence-electron chi connectivity index (χ3n) is 2.47. The summed E-state index contributed by atoms with van der Waals surface area (Å²) in [5, 5.41) is 15.3. The minimum atomic E-state index is -4.53. The van der Waals surface area contributed by atoms with Gasteiger partial charge in [0, 0.05) is 18.0 Å². The fourth-order valence-electron chi connectivity index (χ4n) is 1.37. The maximum atomic E-state index is 12.6. The lowest BCUT2D eigenvalue weighted by Crippen LogP contribution is -2.42. The van der Waals surface area contributed by atoms with E-state index in [0.717, 1.165) is 10.4 Å². The van der Waals surface area contributed by atoms with Gasteiger partial charge in [0.2, 0.25) is 0 Å². The maximum Gasteiger partial charge on any atom is 0.400 e. The number of halogens is 3. The Morgan fingerprint density at radius 2 is 2.28 bits per heavy atom. The zero-order valence-corrected chi connectivity index (χ0v) is 10.5. The van der Waals surface area contributed by atoms with Crippen LogP contribution < -0.4 is 11.1 Å². The Morgan fingerprint density at radius 1 is 1.61 bits per heavy atom. The first-order valence-corrected chi connectivity index (χ1v) is 6.02. The van der Waals surface area contributed by atoms with Gasteiger partial charge in [-0.1, -0.05) is 5.16 Å². The Balaban J connectivity index is 2.56. The zero-order valence-electron chi connectivity index (χ0n) is 9.66. The van der Waals surface area contributed by atoms with Gasteiger partial charge in [0.25, 0.3) is 0 Å². The lowest BCUT2D eigenvalue weighted by atomic mass is 10.1. The largest absolute Gasteiger partial charge is 0.409 e. The lowest BCUT2D eigenvalue weighted by molar-refractivity contribution is -0.154. The second-order valence-corrected chi connectivity index (χ2v) is 4.78. The van der Waals surface area contributed by atoms with Crippen LogP contribution in [0.1, 0.15) is 10.4 Å². The summed E-state index contributed by atoms with van der Waals surface area (Å²) in [5.74, 6) is -2.82. The second kappa shape index (κ2) is 6.05. The third-order valence-corrected chi connectivity index (χ3v) is 3.49. The average molecular weight is 281 g/mol. The van der Waals surface area contributed by atoms with Crippen molar-refractivity contribution >= 4 is 17.2 Å². The molecule has 4 nitrogen and oxygen atoms in total. The van der Waals surface area contributed by atoms with Crippen LogP contribution in [0.15, 0.2) is 16.6 Å². The molecule has 0 radical (unpaired) electrons. The molecular weight excluding hydrogens is 267 g/mol. The summed E-state index contributed by atoms with van der Waals surface area (Å²) in [7, 11) is 0. The Labute approximate surface area is 106 Å². The van der Waals surface area contributed by atoms with Crippen molar-refractivity contribution in [2.24, 2.45) is 16.8 Å². The summed E-state index contributed by atoms with van der Waals surface area (Å²) in [6.45, 7) is 1.80. The van der Waals surface area contributed by atoms with Gasteiger partial charge in [-0.05, 0) is 23.9 Å². The van der Waals surface area contributed by atoms with E-state index in [4.69, 9.17) is 10.9 Å². The minimum absolute atomic E-state index is 0.328. The molecule has 1 heterocycles. The van der Waals surface area contributed by atoms with Crippen molar-refractivity contribution in [3.05, 3.63) is 21.9 Å². The number of aryl methyl sites for hydroxylation is 1. The monoisotopic (exact) mass is 281 g/mol. The van der Waals surface area contributed by atoms with Crippen LogP contribution in [0.25, 0.3) is 0 Å². The van der Waals surface area contributed by atoms with Gasteiger partial charge < -0.3 is 16.3 Å². The van der Waals surface area contributed by atoms with Crippen molar-refractivity contribution in [2.75, 3.05) is 6.54 Å². The van der Waals surface area contributed by atoms with E-state index in [1.807, 2.05) is 18.4 Å². The zero-order chi connectivity index (χ0) is 13.8. The van der Waals surface area contributed by atoms with Crippen LogP contribution in [0.5, 0.6) is 0 Å². The molecule has 0 aromatic carbocycles. The van der Waals surface area contributed by atoms with Crippen LogP contribution in [-0.4, -0.2) is 23.8 Å². The molecule has 1 aromatic rings. The highest BCUT2D eigenvalue weighted by Gasteiger charge is 2.42. The molecule has 0 amide bonds. The number of alkyl halides is 3. The quantitative estimate of drug-likeness (QED) is 0.335. The predicted molar refractivity (Wildman–Crippen MR) is 63.7 cm³/mol. The molecule has 8 heteroatoms. The number of nitrogens with zero attached hydrogens (tertiary/aromatic N) is 1. The first-order valence-electron chi connectivity index (χ1n) is 5.14. The number of rotatable bonds is 5. The first kappa shape index (κ1) is 14.8. The predicted octanol–water partition coefficient (Wildman–Crippen LogP) is 2.07. The lowest BCUT2D eigenvalue weighted by Gasteiger charge is -2.19. The molecule has 102 valence electrons. The van der Waals surface area contributed by atoms with Gasteiger partial charge in [0.1, 0.15) is 5.92 Å².